The summed E-state index contributed by atoms with van der Waals surface area (Å²) in [5, 5.41) is 5.69. The summed E-state index contributed by atoms with van der Waals surface area (Å²) < 4.78 is 12.5. The average molecular weight is 292 g/mol. The third-order valence-corrected chi connectivity index (χ3v) is 3.11. The van der Waals surface area contributed by atoms with Crippen molar-refractivity contribution in [3.8, 4) is 11.1 Å². The van der Waals surface area contributed by atoms with Gasteiger partial charge in [-0.25, -0.2) is 9.18 Å². The molecule has 2 N–H and O–H groups in total. The topological polar surface area (TPSA) is 41.1 Å². The van der Waals surface area contributed by atoms with Crippen LogP contribution in [0, 0.1) is 6.07 Å². The molecule has 0 aliphatic heterocycles. The number of benzene rings is 2. The number of halogens is 2. The van der Waals surface area contributed by atoms with E-state index in [9.17, 15) is 9.18 Å². The van der Waals surface area contributed by atoms with Gasteiger partial charge in [0, 0.05) is 12.6 Å². The number of amides is 2. The summed E-state index contributed by atoms with van der Waals surface area (Å²) >= 11 is 6.20. The fourth-order valence-electron chi connectivity index (χ4n) is 1.80. The second-order valence-corrected chi connectivity index (χ2v) is 4.51. The maximum absolute atomic E-state index is 12.5. The van der Waals surface area contributed by atoms with Gasteiger partial charge in [0.25, 0.3) is 0 Å². The van der Waals surface area contributed by atoms with Crippen LogP contribution in [0.1, 0.15) is 5.56 Å². The van der Waals surface area contributed by atoms with E-state index in [4.69, 9.17) is 11.6 Å². The molecular weight excluding hydrogens is 279 g/mol. The minimum absolute atomic E-state index is 0.335. The van der Waals surface area contributed by atoms with Crippen LogP contribution in [0.25, 0.3) is 11.1 Å². The normalized spacial score (nSPS) is 10.2. The number of anilines is 1. The lowest BCUT2D eigenvalue weighted by molar-refractivity contribution is 0.254. The Balaban J connectivity index is 2.45. The summed E-state index contributed by atoms with van der Waals surface area (Å²) in [5.74, 6) is 0. The third-order valence-electron chi connectivity index (χ3n) is 2.80. The van der Waals surface area contributed by atoms with Crippen molar-refractivity contribution in [1.29, 1.82) is 0 Å². The van der Waals surface area contributed by atoms with Gasteiger partial charge in [-0.05, 0) is 35.4 Å². The molecule has 0 saturated heterocycles. The molecule has 3 nitrogen and oxygen atoms in total. The quantitative estimate of drug-likeness (QED) is 0.881. The average Bonchev–Trinajstić information content (AvgIpc) is 2.47. The Bertz CT molecular complexity index is 614. The second-order valence-electron chi connectivity index (χ2n) is 4.10. The Morgan fingerprint density at radius 2 is 2.15 bits per heavy atom. The monoisotopic (exact) mass is 291 g/mol. The first kappa shape index (κ1) is 14.3. The lowest BCUT2D eigenvalue weighted by Gasteiger charge is -2.13. The van der Waals surface area contributed by atoms with Crippen molar-refractivity contribution in [1.82, 2.24) is 5.32 Å². The van der Waals surface area contributed by atoms with Crippen LogP contribution < -0.4 is 10.6 Å². The highest BCUT2D eigenvalue weighted by molar-refractivity contribution is 6.34. The molecule has 0 aliphatic rings. The van der Waals surface area contributed by atoms with Gasteiger partial charge in [-0.2, -0.15) is 0 Å². The number of carbonyl (C=O) groups is 1. The Labute approximate surface area is 121 Å². The molecule has 0 saturated carbocycles. The molecule has 2 aromatic carbocycles. The van der Waals surface area contributed by atoms with E-state index in [1.165, 1.54) is 7.05 Å². The standard InChI is InChI=1S/C15H13ClFN2O/c1-18-15(20)19-13-4-2-3-12(16)14(13)11-7-5-10(9-17)6-8-11/h2-5,7-8H,9H2,1H3,(H2,18,19,20). The minimum atomic E-state index is -0.563. The van der Waals surface area contributed by atoms with Gasteiger partial charge in [0.05, 0.1) is 10.7 Å². The van der Waals surface area contributed by atoms with Gasteiger partial charge in [0.1, 0.15) is 6.67 Å². The van der Waals surface area contributed by atoms with Crippen molar-refractivity contribution in [3.05, 3.63) is 53.1 Å². The van der Waals surface area contributed by atoms with Crippen molar-refractivity contribution in [2.75, 3.05) is 12.4 Å². The zero-order chi connectivity index (χ0) is 14.5. The van der Waals surface area contributed by atoms with Crippen LogP contribution in [0.3, 0.4) is 0 Å². The molecule has 2 rings (SSSR count). The van der Waals surface area contributed by atoms with Gasteiger partial charge in [-0.15, -0.1) is 0 Å². The number of hydrogen-bond acceptors (Lipinski definition) is 1. The van der Waals surface area contributed by atoms with Crippen LogP contribution in [0.15, 0.2) is 36.4 Å². The minimum Gasteiger partial charge on any atom is -0.341 e. The molecule has 0 spiro atoms. The molecule has 0 bridgehead atoms. The highest BCUT2D eigenvalue weighted by Gasteiger charge is 2.11. The van der Waals surface area contributed by atoms with Crippen LogP contribution >= 0.6 is 11.6 Å². The predicted molar refractivity (Wildman–Crippen MR) is 78.6 cm³/mol. The SMILES string of the molecule is CNC(=O)Nc1cccc(Cl)c1-c1c[c]c(CF)cc1. The molecule has 0 atom stereocenters. The van der Waals surface area contributed by atoms with E-state index in [1.807, 2.05) is 0 Å². The van der Waals surface area contributed by atoms with Gasteiger partial charge in [0.15, 0.2) is 0 Å². The fraction of sp³-hybridized carbons (Fsp3) is 0.133. The van der Waals surface area contributed by atoms with Crippen LogP contribution in [-0.2, 0) is 6.67 Å². The van der Waals surface area contributed by atoms with E-state index in [0.29, 0.717) is 21.8 Å². The Morgan fingerprint density at radius 3 is 2.75 bits per heavy atom. The summed E-state index contributed by atoms with van der Waals surface area (Å²) in [6, 6.07) is 12.8. The molecule has 2 amide bonds. The summed E-state index contributed by atoms with van der Waals surface area (Å²) in [4.78, 5) is 11.5. The molecule has 5 heteroatoms. The molecule has 2 aromatic rings. The molecule has 0 heterocycles. The van der Waals surface area contributed by atoms with Gasteiger partial charge < -0.3 is 10.6 Å². The van der Waals surface area contributed by atoms with Crippen molar-refractivity contribution in [2.24, 2.45) is 0 Å². The van der Waals surface area contributed by atoms with E-state index in [-0.39, 0.29) is 6.03 Å². The fourth-order valence-corrected chi connectivity index (χ4v) is 2.09. The summed E-state index contributed by atoms with van der Waals surface area (Å²) in [6.45, 7) is -0.563. The van der Waals surface area contributed by atoms with Crippen LogP contribution in [0.5, 0.6) is 0 Å². The van der Waals surface area contributed by atoms with E-state index in [1.54, 1.807) is 36.4 Å². The molecule has 0 aromatic heterocycles. The van der Waals surface area contributed by atoms with Crippen LogP contribution in [0.2, 0.25) is 5.02 Å². The zero-order valence-corrected chi connectivity index (χ0v) is 11.6. The third kappa shape index (κ3) is 3.08. The molecule has 103 valence electrons. The van der Waals surface area contributed by atoms with Gasteiger partial charge >= 0.3 is 6.03 Å². The zero-order valence-electron chi connectivity index (χ0n) is 10.8. The molecule has 20 heavy (non-hydrogen) atoms. The second kappa shape index (κ2) is 6.39. The summed E-state index contributed by atoms with van der Waals surface area (Å²) in [6.07, 6.45) is 0. The van der Waals surface area contributed by atoms with E-state index >= 15 is 0 Å². The number of nitrogens with one attached hydrogen (secondary N) is 2. The van der Waals surface area contributed by atoms with Gasteiger partial charge in [-0.1, -0.05) is 29.8 Å². The molecular formula is C15H13ClFN2O. The van der Waals surface area contributed by atoms with Gasteiger partial charge in [0.2, 0.25) is 0 Å². The first-order chi connectivity index (χ1) is 9.65. The first-order valence-corrected chi connectivity index (χ1v) is 6.37. The maximum Gasteiger partial charge on any atom is 0.318 e. The first-order valence-electron chi connectivity index (χ1n) is 6.00. The molecule has 0 aliphatic carbocycles. The number of hydrogen-bond donors (Lipinski definition) is 2. The predicted octanol–water partition coefficient (Wildman–Crippen LogP) is 4.03. The van der Waals surface area contributed by atoms with Gasteiger partial charge in [-0.3, -0.25) is 0 Å². The molecule has 0 unspecified atom stereocenters. The Hall–Kier alpha value is -2.07. The van der Waals surface area contributed by atoms with E-state index in [0.717, 1.165) is 5.56 Å². The van der Waals surface area contributed by atoms with Crippen molar-refractivity contribution in [2.45, 2.75) is 6.67 Å². The number of alkyl halides is 1. The Kier molecular flexibility index (Phi) is 4.58. The van der Waals surface area contributed by atoms with Crippen LogP contribution in [0.4, 0.5) is 14.9 Å². The van der Waals surface area contributed by atoms with E-state index < -0.39 is 6.67 Å². The maximum atomic E-state index is 12.5. The largest absolute Gasteiger partial charge is 0.341 e. The summed E-state index contributed by atoms with van der Waals surface area (Å²) in [7, 11) is 1.53. The van der Waals surface area contributed by atoms with Crippen molar-refractivity contribution in [3.63, 3.8) is 0 Å². The number of urea groups is 1. The van der Waals surface area contributed by atoms with E-state index in [2.05, 4.69) is 16.7 Å². The highest BCUT2D eigenvalue weighted by Crippen LogP contribution is 2.34. The molecule has 0 fully saturated rings. The van der Waals surface area contributed by atoms with Crippen molar-refractivity contribution < 1.29 is 9.18 Å². The lowest BCUT2D eigenvalue weighted by Crippen LogP contribution is -2.24. The smallest absolute Gasteiger partial charge is 0.318 e. The number of carbonyl (C=O) groups excluding carboxylic acids is 1. The number of rotatable bonds is 3. The van der Waals surface area contributed by atoms with Crippen molar-refractivity contribution >= 4 is 23.3 Å². The Morgan fingerprint density at radius 1 is 1.35 bits per heavy atom. The van der Waals surface area contributed by atoms with Crippen LogP contribution in [-0.4, -0.2) is 13.1 Å². The lowest BCUT2D eigenvalue weighted by atomic mass is 10.0. The molecule has 1 radical (unpaired) electrons. The highest BCUT2D eigenvalue weighted by atomic mass is 35.5. The summed E-state index contributed by atoms with van der Waals surface area (Å²) in [5.41, 5.74) is 2.50.